The first kappa shape index (κ1) is 21.1. The van der Waals surface area contributed by atoms with Crippen molar-refractivity contribution in [2.75, 3.05) is 0 Å². The Bertz CT molecular complexity index is 903. The molecule has 0 unspecified atom stereocenters. The summed E-state index contributed by atoms with van der Waals surface area (Å²) in [6.45, 7) is 10.1. The highest BCUT2D eigenvalue weighted by Gasteiger charge is 2.82. The Balaban J connectivity index is 1.79. The third-order valence-electron chi connectivity index (χ3n) is 7.68. The highest BCUT2D eigenvalue weighted by molar-refractivity contribution is 5.93. The minimum Gasteiger partial charge on any atom is -0.459 e. The van der Waals surface area contributed by atoms with Crippen molar-refractivity contribution in [3.05, 3.63) is 22.8 Å². The number of ether oxygens (including phenoxy) is 4. The second-order valence-electron chi connectivity index (χ2n) is 9.10. The monoisotopic (exact) mass is 420 g/mol. The van der Waals surface area contributed by atoms with Crippen LogP contribution in [0.25, 0.3) is 0 Å². The number of esters is 3. The van der Waals surface area contributed by atoms with E-state index in [9.17, 15) is 19.5 Å². The van der Waals surface area contributed by atoms with Crippen molar-refractivity contribution >= 4 is 17.9 Å². The lowest BCUT2D eigenvalue weighted by molar-refractivity contribution is -0.232. The molecule has 4 aliphatic rings. The van der Waals surface area contributed by atoms with E-state index in [0.29, 0.717) is 12.0 Å². The van der Waals surface area contributed by atoms with Crippen LogP contribution in [0.1, 0.15) is 54.4 Å². The van der Waals surface area contributed by atoms with Crippen LogP contribution in [0, 0.1) is 11.3 Å². The SMILES string of the molecule is C/C=C(/C)C(=O)O[C@H]1C[C@H]2O[C@]23C[C@]2(O)OC(=O)C(C)=C2[C@@H](OC(C)=O)[C@]3(C)[C@H]1C. The molecule has 2 aliphatic heterocycles. The van der Waals surface area contributed by atoms with Crippen LogP contribution in [0.5, 0.6) is 0 Å². The summed E-state index contributed by atoms with van der Waals surface area (Å²) in [4.78, 5) is 36.8. The molecule has 30 heavy (non-hydrogen) atoms. The van der Waals surface area contributed by atoms with E-state index in [4.69, 9.17) is 18.9 Å². The van der Waals surface area contributed by atoms with E-state index in [0.717, 1.165) is 0 Å². The quantitative estimate of drug-likeness (QED) is 0.319. The molecular formula is C22H28O8. The molecule has 8 heteroatoms. The van der Waals surface area contributed by atoms with Crippen molar-refractivity contribution in [3.63, 3.8) is 0 Å². The van der Waals surface area contributed by atoms with Gasteiger partial charge in [-0.1, -0.05) is 19.9 Å². The van der Waals surface area contributed by atoms with Crippen LogP contribution in [0.4, 0.5) is 0 Å². The molecule has 1 N–H and O–H groups in total. The molecule has 2 heterocycles. The van der Waals surface area contributed by atoms with Crippen molar-refractivity contribution in [1.29, 1.82) is 0 Å². The predicted octanol–water partition coefficient (Wildman–Crippen LogP) is 1.95. The van der Waals surface area contributed by atoms with Crippen LogP contribution < -0.4 is 0 Å². The fourth-order valence-electron chi connectivity index (χ4n) is 5.65. The molecule has 3 fully saturated rings. The molecule has 0 bridgehead atoms. The van der Waals surface area contributed by atoms with Gasteiger partial charge in [-0.25, -0.2) is 9.59 Å². The van der Waals surface area contributed by atoms with Gasteiger partial charge in [0.15, 0.2) is 0 Å². The molecule has 2 saturated carbocycles. The van der Waals surface area contributed by atoms with Gasteiger partial charge in [0.05, 0.1) is 11.7 Å². The van der Waals surface area contributed by atoms with E-state index in [1.807, 2.05) is 13.8 Å². The van der Waals surface area contributed by atoms with Crippen LogP contribution in [0.3, 0.4) is 0 Å². The molecule has 164 valence electrons. The maximum Gasteiger partial charge on any atom is 0.336 e. The number of rotatable bonds is 3. The van der Waals surface area contributed by atoms with Gasteiger partial charge in [0, 0.05) is 42.2 Å². The third-order valence-corrected chi connectivity index (χ3v) is 7.68. The van der Waals surface area contributed by atoms with Gasteiger partial charge in [0.1, 0.15) is 17.8 Å². The van der Waals surface area contributed by atoms with E-state index in [-0.39, 0.29) is 29.6 Å². The Morgan fingerprint density at radius 2 is 1.93 bits per heavy atom. The molecule has 0 aromatic heterocycles. The fourth-order valence-corrected chi connectivity index (χ4v) is 5.65. The van der Waals surface area contributed by atoms with Crippen molar-refractivity contribution in [3.8, 4) is 0 Å². The number of epoxide rings is 1. The second kappa shape index (κ2) is 6.40. The fraction of sp³-hybridized carbons (Fsp3) is 0.682. The molecule has 8 nitrogen and oxygen atoms in total. The first-order valence-corrected chi connectivity index (χ1v) is 10.3. The Hall–Kier alpha value is -2.19. The van der Waals surface area contributed by atoms with Crippen molar-refractivity contribution in [2.45, 2.75) is 84.1 Å². The summed E-state index contributed by atoms with van der Waals surface area (Å²) in [5.41, 5.74) is -0.702. The van der Waals surface area contributed by atoms with Gasteiger partial charge in [-0.15, -0.1) is 0 Å². The largest absolute Gasteiger partial charge is 0.459 e. The Morgan fingerprint density at radius 1 is 1.27 bits per heavy atom. The van der Waals surface area contributed by atoms with Crippen LogP contribution in [-0.4, -0.2) is 52.7 Å². The summed E-state index contributed by atoms with van der Waals surface area (Å²) in [6.07, 6.45) is 0.453. The van der Waals surface area contributed by atoms with Gasteiger partial charge >= 0.3 is 17.9 Å². The molecule has 1 spiro atoms. The van der Waals surface area contributed by atoms with Gasteiger partial charge in [-0.2, -0.15) is 0 Å². The first-order chi connectivity index (χ1) is 13.9. The van der Waals surface area contributed by atoms with E-state index in [1.54, 1.807) is 26.8 Å². The van der Waals surface area contributed by atoms with E-state index in [1.165, 1.54) is 6.92 Å². The van der Waals surface area contributed by atoms with Crippen molar-refractivity contribution in [1.82, 2.24) is 0 Å². The van der Waals surface area contributed by atoms with Crippen LogP contribution in [-0.2, 0) is 33.3 Å². The van der Waals surface area contributed by atoms with Crippen molar-refractivity contribution < 1.29 is 38.4 Å². The Labute approximate surface area is 175 Å². The highest BCUT2D eigenvalue weighted by Crippen LogP contribution is 2.71. The second-order valence-corrected chi connectivity index (χ2v) is 9.10. The zero-order valence-corrected chi connectivity index (χ0v) is 18.1. The van der Waals surface area contributed by atoms with Gasteiger partial charge in [0.25, 0.3) is 0 Å². The summed E-state index contributed by atoms with van der Waals surface area (Å²) in [5, 5.41) is 11.2. The van der Waals surface area contributed by atoms with Crippen LogP contribution in [0.2, 0.25) is 0 Å². The van der Waals surface area contributed by atoms with Gasteiger partial charge in [0.2, 0.25) is 5.79 Å². The minimum absolute atomic E-state index is 0.0518. The topological polar surface area (TPSA) is 112 Å². The number of carbonyl (C=O) groups excluding carboxylic acids is 3. The van der Waals surface area contributed by atoms with Gasteiger partial charge < -0.3 is 24.1 Å². The maximum absolute atomic E-state index is 12.4. The number of hydrogen-bond acceptors (Lipinski definition) is 8. The summed E-state index contributed by atoms with van der Waals surface area (Å²) < 4.78 is 23.0. The average Bonchev–Trinajstić information content (AvgIpc) is 3.30. The number of hydrogen-bond donors (Lipinski definition) is 1. The number of allylic oxidation sites excluding steroid dienone is 1. The summed E-state index contributed by atoms with van der Waals surface area (Å²) in [6, 6.07) is 0. The third kappa shape index (κ3) is 2.56. The normalized spacial score (nSPS) is 44.5. The molecule has 4 rings (SSSR count). The molecule has 7 atom stereocenters. The lowest BCUT2D eigenvalue weighted by atomic mass is 9.51. The lowest BCUT2D eigenvalue weighted by Crippen LogP contribution is -2.66. The first-order valence-electron chi connectivity index (χ1n) is 10.3. The number of aliphatic hydroxyl groups is 1. The molecule has 0 aromatic carbocycles. The summed E-state index contributed by atoms with van der Waals surface area (Å²) >= 11 is 0. The summed E-state index contributed by atoms with van der Waals surface area (Å²) in [5.74, 6) is -3.75. The number of fused-ring (bicyclic) bond motifs is 1. The zero-order valence-electron chi connectivity index (χ0n) is 18.1. The van der Waals surface area contributed by atoms with Crippen LogP contribution in [0.15, 0.2) is 22.8 Å². The van der Waals surface area contributed by atoms with E-state index >= 15 is 0 Å². The molecule has 0 amide bonds. The average molecular weight is 420 g/mol. The minimum atomic E-state index is -1.87. The summed E-state index contributed by atoms with van der Waals surface area (Å²) in [7, 11) is 0. The predicted molar refractivity (Wildman–Crippen MR) is 103 cm³/mol. The molecule has 2 aliphatic carbocycles. The molecule has 0 aromatic rings. The maximum atomic E-state index is 12.4. The van der Waals surface area contributed by atoms with Crippen LogP contribution >= 0.6 is 0 Å². The van der Waals surface area contributed by atoms with Crippen molar-refractivity contribution in [2.24, 2.45) is 11.3 Å². The zero-order chi connectivity index (χ0) is 22.2. The van der Waals surface area contributed by atoms with E-state index < -0.39 is 46.9 Å². The Kier molecular flexibility index (Phi) is 4.50. The molecular weight excluding hydrogens is 392 g/mol. The molecule has 0 radical (unpaired) electrons. The Morgan fingerprint density at radius 3 is 2.53 bits per heavy atom. The highest BCUT2D eigenvalue weighted by atomic mass is 16.7. The molecule has 1 saturated heterocycles. The van der Waals surface area contributed by atoms with E-state index in [2.05, 4.69) is 0 Å². The van der Waals surface area contributed by atoms with Gasteiger partial charge in [-0.3, -0.25) is 4.79 Å². The lowest BCUT2D eigenvalue weighted by Gasteiger charge is -2.55. The number of carbonyl (C=O) groups is 3. The smallest absolute Gasteiger partial charge is 0.336 e. The van der Waals surface area contributed by atoms with Gasteiger partial charge in [-0.05, 0) is 20.8 Å². The standard InChI is InChI=1S/C22H28O8/c1-7-10(2)18(24)28-14-8-15-21(29-15)9-22(26)16(11(3)19(25)30-22)17(27-13(5)23)20(21,6)12(14)4/h7,12,14-15,17,26H,8-9H2,1-6H3/b10-7-/t12-,14-,15+,17+,20-,21+,22-/m0/s1.